The van der Waals surface area contributed by atoms with Crippen molar-refractivity contribution in [3.05, 3.63) is 0 Å². The number of rotatable bonds is 6. The van der Waals surface area contributed by atoms with Crippen molar-refractivity contribution in [1.82, 2.24) is 10.6 Å². The van der Waals surface area contributed by atoms with Crippen molar-refractivity contribution in [2.45, 2.75) is 50.5 Å². The zero-order valence-corrected chi connectivity index (χ0v) is 11.5. The highest BCUT2D eigenvalue weighted by Gasteiger charge is 2.39. The van der Waals surface area contributed by atoms with Gasteiger partial charge in [0.25, 0.3) is 0 Å². The summed E-state index contributed by atoms with van der Waals surface area (Å²) in [6.07, 6.45) is 5.48. The maximum absolute atomic E-state index is 11.8. The quantitative estimate of drug-likeness (QED) is 0.505. The lowest BCUT2D eigenvalue weighted by molar-refractivity contribution is -0.145. The third kappa shape index (κ3) is 5.06. The molecule has 6 heteroatoms. The number of amides is 2. The van der Waals surface area contributed by atoms with Crippen LogP contribution in [0.1, 0.15) is 44.9 Å². The Kier molecular flexibility index (Phi) is 6.62. The zero-order chi connectivity index (χ0) is 14.1. The summed E-state index contributed by atoms with van der Waals surface area (Å²) in [5, 5.41) is 14.7. The van der Waals surface area contributed by atoms with Gasteiger partial charge in [-0.05, 0) is 19.3 Å². The van der Waals surface area contributed by atoms with Crippen LogP contribution >= 0.6 is 0 Å². The van der Waals surface area contributed by atoms with Gasteiger partial charge in [0.05, 0.1) is 0 Å². The molecular formula is C13H24N2O4. The first-order chi connectivity index (χ1) is 9.10. The summed E-state index contributed by atoms with van der Waals surface area (Å²) in [5.41, 5.74) is -1.10. The van der Waals surface area contributed by atoms with Gasteiger partial charge in [0, 0.05) is 20.3 Å². The SMILES string of the molecule is COCCCNC(=O)NC1(C(=O)O)CCCCCC1. The molecule has 1 aliphatic rings. The second-order valence-corrected chi connectivity index (χ2v) is 5.03. The van der Waals surface area contributed by atoms with Gasteiger partial charge in [-0.3, -0.25) is 0 Å². The molecule has 2 amide bonds. The number of carbonyl (C=O) groups is 2. The Morgan fingerprint density at radius 1 is 1.21 bits per heavy atom. The average molecular weight is 272 g/mol. The van der Waals surface area contributed by atoms with Crippen molar-refractivity contribution in [2.75, 3.05) is 20.3 Å². The molecule has 0 spiro atoms. The summed E-state index contributed by atoms with van der Waals surface area (Å²) >= 11 is 0. The third-order valence-electron chi connectivity index (χ3n) is 3.53. The number of aliphatic carboxylic acids is 1. The highest BCUT2D eigenvalue weighted by molar-refractivity contribution is 5.86. The molecular weight excluding hydrogens is 248 g/mol. The van der Waals surface area contributed by atoms with Crippen molar-refractivity contribution in [1.29, 1.82) is 0 Å². The molecule has 0 aromatic rings. The van der Waals surface area contributed by atoms with Gasteiger partial charge in [-0.2, -0.15) is 0 Å². The molecule has 0 aromatic carbocycles. The minimum absolute atomic E-state index is 0.402. The zero-order valence-electron chi connectivity index (χ0n) is 11.5. The number of methoxy groups -OCH3 is 1. The average Bonchev–Trinajstić information content (AvgIpc) is 2.61. The predicted octanol–water partition coefficient (Wildman–Crippen LogP) is 1.50. The summed E-state index contributed by atoms with van der Waals surface area (Å²) in [6.45, 7) is 1.06. The lowest BCUT2D eigenvalue weighted by Crippen LogP contribution is -2.57. The minimum atomic E-state index is -1.10. The lowest BCUT2D eigenvalue weighted by atomic mass is 9.90. The van der Waals surface area contributed by atoms with E-state index in [0.29, 0.717) is 32.4 Å². The van der Waals surface area contributed by atoms with E-state index in [1.54, 1.807) is 7.11 Å². The van der Waals surface area contributed by atoms with Crippen LogP contribution in [-0.2, 0) is 9.53 Å². The molecule has 1 fully saturated rings. The Balaban J connectivity index is 2.48. The van der Waals surface area contributed by atoms with E-state index in [9.17, 15) is 14.7 Å². The fourth-order valence-electron chi connectivity index (χ4n) is 2.40. The second kappa shape index (κ2) is 7.99. The molecule has 0 saturated heterocycles. The molecule has 0 heterocycles. The highest BCUT2D eigenvalue weighted by Crippen LogP contribution is 2.27. The van der Waals surface area contributed by atoms with Gasteiger partial charge in [-0.15, -0.1) is 0 Å². The second-order valence-electron chi connectivity index (χ2n) is 5.03. The van der Waals surface area contributed by atoms with E-state index in [4.69, 9.17) is 4.74 Å². The third-order valence-corrected chi connectivity index (χ3v) is 3.53. The van der Waals surface area contributed by atoms with E-state index in [0.717, 1.165) is 25.7 Å². The van der Waals surface area contributed by atoms with Crippen LogP contribution in [0.25, 0.3) is 0 Å². The first kappa shape index (κ1) is 15.8. The fraction of sp³-hybridized carbons (Fsp3) is 0.846. The van der Waals surface area contributed by atoms with Crippen LogP contribution in [0.2, 0.25) is 0 Å². The maximum Gasteiger partial charge on any atom is 0.329 e. The van der Waals surface area contributed by atoms with Gasteiger partial charge < -0.3 is 20.5 Å². The van der Waals surface area contributed by atoms with Crippen molar-refractivity contribution < 1.29 is 19.4 Å². The van der Waals surface area contributed by atoms with Gasteiger partial charge >= 0.3 is 12.0 Å². The Morgan fingerprint density at radius 3 is 2.37 bits per heavy atom. The standard InChI is InChI=1S/C13H24N2O4/c1-19-10-6-9-14-12(18)15-13(11(16)17)7-4-2-3-5-8-13/h2-10H2,1H3,(H,16,17)(H2,14,15,18). The molecule has 0 aromatic heterocycles. The van der Waals surface area contributed by atoms with Gasteiger partial charge in [0.15, 0.2) is 0 Å². The van der Waals surface area contributed by atoms with Gasteiger partial charge in [-0.1, -0.05) is 25.7 Å². The Labute approximate surface area is 113 Å². The maximum atomic E-state index is 11.8. The van der Waals surface area contributed by atoms with E-state index in [1.165, 1.54) is 0 Å². The van der Waals surface area contributed by atoms with Crippen LogP contribution in [0.15, 0.2) is 0 Å². The van der Waals surface area contributed by atoms with E-state index in [1.807, 2.05) is 0 Å². The number of urea groups is 1. The Hall–Kier alpha value is -1.30. The van der Waals surface area contributed by atoms with Crippen LogP contribution in [0.3, 0.4) is 0 Å². The van der Waals surface area contributed by atoms with E-state index < -0.39 is 17.5 Å². The van der Waals surface area contributed by atoms with Crippen LogP contribution in [-0.4, -0.2) is 42.9 Å². The summed E-state index contributed by atoms with van der Waals surface area (Å²) < 4.78 is 4.88. The van der Waals surface area contributed by atoms with Crippen molar-refractivity contribution in [2.24, 2.45) is 0 Å². The van der Waals surface area contributed by atoms with Gasteiger partial charge in [0.1, 0.15) is 5.54 Å². The summed E-state index contributed by atoms with van der Waals surface area (Å²) in [6, 6.07) is -0.402. The molecule has 0 atom stereocenters. The normalized spacial score (nSPS) is 18.4. The number of carboxylic acid groups (broad SMARTS) is 1. The summed E-state index contributed by atoms with van der Waals surface area (Å²) in [4.78, 5) is 23.2. The predicted molar refractivity (Wildman–Crippen MR) is 71.1 cm³/mol. The van der Waals surface area contributed by atoms with Crippen molar-refractivity contribution >= 4 is 12.0 Å². The number of hydrogen-bond acceptors (Lipinski definition) is 3. The van der Waals surface area contributed by atoms with E-state index in [-0.39, 0.29) is 0 Å². The van der Waals surface area contributed by atoms with Gasteiger partial charge in [0.2, 0.25) is 0 Å². The molecule has 1 aliphatic carbocycles. The number of hydrogen-bond donors (Lipinski definition) is 3. The number of carboxylic acids is 1. The molecule has 0 bridgehead atoms. The number of carbonyl (C=O) groups excluding carboxylic acids is 1. The number of ether oxygens (including phenoxy) is 1. The molecule has 6 nitrogen and oxygen atoms in total. The Bertz CT molecular complexity index is 299. The lowest BCUT2D eigenvalue weighted by Gasteiger charge is -2.29. The largest absolute Gasteiger partial charge is 0.480 e. The monoisotopic (exact) mass is 272 g/mol. The fourth-order valence-corrected chi connectivity index (χ4v) is 2.40. The minimum Gasteiger partial charge on any atom is -0.480 e. The highest BCUT2D eigenvalue weighted by atomic mass is 16.5. The molecule has 0 radical (unpaired) electrons. The molecule has 3 N–H and O–H groups in total. The Morgan fingerprint density at radius 2 is 1.84 bits per heavy atom. The van der Waals surface area contributed by atoms with Gasteiger partial charge in [-0.25, -0.2) is 9.59 Å². The topological polar surface area (TPSA) is 87.7 Å². The van der Waals surface area contributed by atoms with Crippen molar-refractivity contribution in [3.8, 4) is 0 Å². The number of nitrogens with one attached hydrogen (secondary N) is 2. The van der Waals surface area contributed by atoms with Crippen LogP contribution in [0.4, 0.5) is 4.79 Å². The van der Waals surface area contributed by atoms with E-state index >= 15 is 0 Å². The molecule has 110 valence electrons. The summed E-state index contributed by atoms with van der Waals surface area (Å²) in [7, 11) is 1.60. The van der Waals surface area contributed by atoms with Crippen LogP contribution in [0, 0.1) is 0 Å². The molecule has 19 heavy (non-hydrogen) atoms. The van der Waals surface area contributed by atoms with Crippen molar-refractivity contribution in [3.63, 3.8) is 0 Å². The smallest absolute Gasteiger partial charge is 0.329 e. The first-order valence-electron chi connectivity index (χ1n) is 6.89. The molecule has 1 rings (SSSR count). The summed E-state index contributed by atoms with van der Waals surface area (Å²) in [5.74, 6) is -0.929. The van der Waals surface area contributed by atoms with Crippen LogP contribution < -0.4 is 10.6 Å². The van der Waals surface area contributed by atoms with Crippen LogP contribution in [0.5, 0.6) is 0 Å². The van der Waals surface area contributed by atoms with E-state index in [2.05, 4.69) is 10.6 Å². The molecule has 1 saturated carbocycles. The first-order valence-corrected chi connectivity index (χ1v) is 6.89. The molecule has 0 aliphatic heterocycles. The molecule has 0 unspecified atom stereocenters.